The Morgan fingerprint density at radius 2 is 2.00 bits per heavy atom. The summed E-state index contributed by atoms with van der Waals surface area (Å²) in [6.45, 7) is 4.05. The molecule has 2 aliphatic heterocycles. The minimum absolute atomic E-state index is 0.0475. The molecule has 9 heteroatoms. The molecule has 1 amide bonds. The van der Waals surface area contributed by atoms with Crippen molar-refractivity contribution in [3.63, 3.8) is 0 Å². The molecule has 2 aromatic carbocycles. The van der Waals surface area contributed by atoms with Crippen molar-refractivity contribution in [3.8, 4) is 11.5 Å². The summed E-state index contributed by atoms with van der Waals surface area (Å²) in [6.07, 6.45) is 2.59. The van der Waals surface area contributed by atoms with Crippen LogP contribution in [0, 0.1) is 5.92 Å². The van der Waals surface area contributed by atoms with Gasteiger partial charge < -0.3 is 19.8 Å². The highest BCUT2D eigenvalue weighted by Crippen LogP contribution is 2.66. The molecule has 1 saturated heterocycles. The molecule has 2 saturated carbocycles. The Labute approximate surface area is 237 Å². The van der Waals surface area contributed by atoms with Gasteiger partial charge in [-0.05, 0) is 93.3 Å². The number of alkyl halides is 3. The Morgan fingerprint density at radius 1 is 1.20 bits per heavy atom. The molecule has 0 aromatic heterocycles. The lowest BCUT2D eigenvalue weighted by Crippen LogP contribution is -2.78. The smallest absolute Gasteiger partial charge is 0.416 e. The van der Waals surface area contributed by atoms with Gasteiger partial charge in [-0.15, -0.1) is 0 Å². The number of rotatable bonds is 6. The molecule has 6 nitrogen and oxygen atoms in total. The van der Waals surface area contributed by atoms with Gasteiger partial charge in [0.1, 0.15) is 6.10 Å². The molecule has 41 heavy (non-hydrogen) atoms. The molecule has 2 aromatic rings. The number of carbonyl (C=O) groups is 1. The number of benzene rings is 2. The molecule has 5 atom stereocenters. The molecule has 3 fully saturated rings. The SMILES string of the molecule is CCN(C(=O)/C=C/c1cccc(C(F)(F)F)c1)[C@@H]1CC[C@@]2(O)[C@H]3Cc4ccc(O)c5c4[C@@]2(CCN3CC2CC2)[C@H]1O5. The maximum absolute atomic E-state index is 13.6. The zero-order valence-corrected chi connectivity index (χ0v) is 23.0. The first-order chi connectivity index (χ1) is 19.6. The van der Waals surface area contributed by atoms with Crippen molar-refractivity contribution in [1.29, 1.82) is 0 Å². The number of aliphatic hydroxyl groups is 1. The number of amides is 1. The van der Waals surface area contributed by atoms with Crippen LogP contribution >= 0.6 is 0 Å². The van der Waals surface area contributed by atoms with Gasteiger partial charge in [0.25, 0.3) is 0 Å². The van der Waals surface area contributed by atoms with E-state index in [1.165, 1.54) is 37.1 Å². The van der Waals surface area contributed by atoms with E-state index in [-0.39, 0.29) is 29.3 Å². The van der Waals surface area contributed by atoms with Crippen LogP contribution in [0.5, 0.6) is 11.5 Å². The maximum atomic E-state index is 13.6. The predicted octanol–water partition coefficient (Wildman–Crippen LogP) is 4.91. The van der Waals surface area contributed by atoms with Crippen LogP contribution < -0.4 is 4.74 Å². The van der Waals surface area contributed by atoms with E-state index in [1.807, 2.05) is 13.0 Å². The summed E-state index contributed by atoms with van der Waals surface area (Å²) in [5, 5.41) is 23.5. The fourth-order valence-electron chi connectivity index (χ4n) is 8.41. The van der Waals surface area contributed by atoms with Gasteiger partial charge in [0.2, 0.25) is 5.91 Å². The number of hydrogen-bond acceptors (Lipinski definition) is 5. The van der Waals surface area contributed by atoms with Crippen molar-refractivity contribution in [1.82, 2.24) is 9.80 Å². The number of hydrogen-bond donors (Lipinski definition) is 2. The number of phenolic OH excluding ortho intramolecular Hbond substituents is 1. The molecular weight excluding hydrogens is 533 g/mol. The first-order valence-corrected chi connectivity index (χ1v) is 14.7. The Hall–Kier alpha value is -3.04. The summed E-state index contributed by atoms with van der Waals surface area (Å²) in [7, 11) is 0. The minimum atomic E-state index is -4.47. The van der Waals surface area contributed by atoms with E-state index in [4.69, 9.17) is 4.74 Å². The Bertz CT molecular complexity index is 1420. The van der Waals surface area contributed by atoms with Gasteiger partial charge in [0.15, 0.2) is 11.5 Å². The van der Waals surface area contributed by atoms with Crippen LogP contribution in [0.4, 0.5) is 13.2 Å². The molecular formula is C32H35F3N2O4. The second kappa shape index (κ2) is 9.23. The average Bonchev–Trinajstić information content (AvgIpc) is 3.68. The Morgan fingerprint density at radius 3 is 2.73 bits per heavy atom. The quantitative estimate of drug-likeness (QED) is 0.485. The first-order valence-electron chi connectivity index (χ1n) is 14.7. The summed E-state index contributed by atoms with van der Waals surface area (Å²) in [5.41, 5.74) is -0.282. The molecule has 2 N–H and O–H groups in total. The summed E-state index contributed by atoms with van der Waals surface area (Å²) >= 11 is 0. The molecule has 2 bridgehead atoms. The first kappa shape index (κ1) is 26.8. The van der Waals surface area contributed by atoms with Gasteiger partial charge in [-0.25, -0.2) is 0 Å². The van der Waals surface area contributed by atoms with Crippen molar-refractivity contribution in [3.05, 3.63) is 64.7 Å². The maximum Gasteiger partial charge on any atom is 0.416 e. The van der Waals surface area contributed by atoms with Crippen molar-refractivity contribution < 1.29 is 32.9 Å². The molecule has 218 valence electrons. The third kappa shape index (κ3) is 3.95. The Balaban J connectivity index is 1.23. The molecule has 0 radical (unpaired) electrons. The summed E-state index contributed by atoms with van der Waals surface area (Å²) in [6, 6.07) is 8.10. The highest BCUT2D eigenvalue weighted by Gasteiger charge is 2.73. The largest absolute Gasteiger partial charge is 0.504 e. The van der Waals surface area contributed by atoms with Gasteiger partial charge in [-0.2, -0.15) is 13.2 Å². The van der Waals surface area contributed by atoms with E-state index in [0.29, 0.717) is 43.9 Å². The molecule has 5 aliphatic rings. The fraction of sp³-hybridized carbons (Fsp3) is 0.531. The topological polar surface area (TPSA) is 73.2 Å². The molecule has 2 heterocycles. The number of halogens is 3. The lowest BCUT2D eigenvalue weighted by molar-refractivity contribution is -0.201. The number of carbonyl (C=O) groups excluding carboxylic acids is 1. The van der Waals surface area contributed by atoms with Gasteiger partial charge in [0.05, 0.1) is 22.6 Å². The molecule has 0 unspecified atom stereocenters. The molecule has 3 aliphatic carbocycles. The zero-order chi connectivity index (χ0) is 28.7. The van der Waals surface area contributed by atoms with Crippen LogP contribution in [-0.2, 0) is 22.8 Å². The standard InChI is InChI=1S/C32H35F3N2O4/c1-2-37(26(39)11-8-19-4-3-5-22(16-19)32(33,34)35)23-12-13-31(40)25-17-21-9-10-24(38)28-27(21)30(31,29(23)41-28)14-15-36(25)18-20-6-7-20/h3-5,8-11,16,20,23,25,29,38,40H,2,6-7,12-15,17-18H2,1H3/b11-8+/t23-,25-,29+,30+,31-/m1/s1. The number of aromatic hydroxyl groups is 1. The zero-order valence-electron chi connectivity index (χ0n) is 23.0. The van der Waals surface area contributed by atoms with Crippen LogP contribution in [0.2, 0.25) is 0 Å². The summed E-state index contributed by atoms with van der Waals surface area (Å²) in [5.74, 6) is 0.841. The van der Waals surface area contributed by atoms with E-state index in [0.717, 1.165) is 36.3 Å². The second-order valence-electron chi connectivity index (χ2n) is 12.5. The number of likely N-dealkylation sites (tertiary alicyclic amines) is 1. The molecule has 7 rings (SSSR count). The monoisotopic (exact) mass is 568 g/mol. The van der Waals surface area contributed by atoms with Gasteiger partial charge >= 0.3 is 6.18 Å². The van der Waals surface area contributed by atoms with E-state index < -0.39 is 28.9 Å². The highest BCUT2D eigenvalue weighted by atomic mass is 19.4. The van der Waals surface area contributed by atoms with Gasteiger partial charge in [-0.1, -0.05) is 18.2 Å². The van der Waals surface area contributed by atoms with Gasteiger partial charge in [0, 0.05) is 30.8 Å². The number of phenols is 1. The summed E-state index contributed by atoms with van der Waals surface area (Å²) in [4.78, 5) is 17.8. The van der Waals surface area contributed by atoms with Crippen LogP contribution in [-0.4, -0.2) is 69.3 Å². The van der Waals surface area contributed by atoms with Crippen molar-refractivity contribution in [2.45, 2.75) is 80.8 Å². The number of nitrogens with zero attached hydrogens (tertiary/aromatic N) is 2. The van der Waals surface area contributed by atoms with Crippen LogP contribution in [0.1, 0.15) is 61.3 Å². The van der Waals surface area contributed by atoms with E-state index in [9.17, 15) is 28.2 Å². The van der Waals surface area contributed by atoms with Gasteiger partial charge in [-0.3, -0.25) is 9.69 Å². The van der Waals surface area contributed by atoms with E-state index in [2.05, 4.69) is 4.90 Å². The minimum Gasteiger partial charge on any atom is -0.504 e. The van der Waals surface area contributed by atoms with E-state index in [1.54, 1.807) is 11.0 Å². The third-order valence-electron chi connectivity index (χ3n) is 10.4. The van der Waals surface area contributed by atoms with E-state index >= 15 is 0 Å². The predicted molar refractivity (Wildman–Crippen MR) is 146 cm³/mol. The number of piperidine rings is 1. The van der Waals surface area contributed by atoms with Crippen molar-refractivity contribution in [2.24, 2.45) is 5.92 Å². The van der Waals surface area contributed by atoms with Crippen LogP contribution in [0.3, 0.4) is 0 Å². The fourth-order valence-corrected chi connectivity index (χ4v) is 8.41. The van der Waals surface area contributed by atoms with Crippen molar-refractivity contribution >= 4 is 12.0 Å². The number of ether oxygens (including phenoxy) is 1. The average molecular weight is 569 g/mol. The second-order valence-corrected chi connectivity index (χ2v) is 12.5. The van der Waals surface area contributed by atoms with Crippen molar-refractivity contribution in [2.75, 3.05) is 19.6 Å². The summed E-state index contributed by atoms with van der Waals surface area (Å²) < 4.78 is 46.2. The van der Waals surface area contributed by atoms with Crippen LogP contribution in [0.25, 0.3) is 6.08 Å². The highest BCUT2D eigenvalue weighted by molar-refractivity contribution is 5.92. The lowest BCUT2D eigenvalue weighted by Gasteiger charge is -2.64. The van der Waals surface area contributed by atoms with Crippen LogP contribution in [0.15, 0.2) is 42.5 Å². The Kier molecular flexibility index (Phi) is 6.04. The number of likely N-dealkylation sites (N-methyl/N-ethyl adjacent to an activating group) is 1. The third-order valence-corrected chi connectivity index (χ3v) is 10.4. The normalized spacial score (nSPS) is 32.1. The molecule has 1 spiro atoms. The lowest BCUT2D eigenvalue weighted by atomic mass is 9.48.